The summed E-state index contributed by atoms with van der Waals surface area (Å²) >= 11 is 0. The first-order valence-electron chi connectivity index (χ1n) is 7.79. The molecule has 1 aliphatic heterocycles. The lowest BCUT2D eigenvalue weighted by atomic mass is 9.97. The monoisotopic (exact) mass is 260 g/mol. The Hall–Kier alpha value is -1.02. The van der Waals surface area contributed by atoms with Crippen molar-refractivity contribution in [1.82, 2.24) is 4.90 Å². The Balaban J connectivity index is 1.85. The molecule has 2 atom stereocenters. The Labute approximate surface area is 118 Å². The molecule has 2 rings (SSSR count). The summed E-state index contributed by atoms with van der Waals surface area (Å²) in [4.78, 5) is 2.61. The predicted octanol–water partition coefficient (Wildman–Crippen LogP) is 3.95. The van der Waals surface area contributed by atoms with Gasteiger partial charge in [-0.3, -0.25) is 0 Å². The molecule has 1 aliphatic rings. The number of hydrogen-bond acceptors (Lipinski definition) is 2. The maximum absolute atomic E-state index is 3.53. The van der Waals surface area contributed by atoms with Crippen LogP contribution in [-0.2, 0) is 0 Å². The van der Waals surface area contributed by atoms with Crippen LogP contribution in [0.3, 0.4) is 0 Å². The standard InChI is InChI=1S/C17H28N2/c1-4-14(3)13-19(5-2)11-10-15-12-18-17-9-7-6-8-16(15)17/h6-9,14-15,18H,4-5,10-13H2,1-3H3. The highest BCUT2D eigenvalue weighted by Crippen LogP contribution is 2.33. The minimum atomic E-state index is 0.696. The highest BCUT2D eigenvalue weighted by Gasteiger charge is 2.21. The normalized spacial score (nSPS) is 19.3. The highest BCUT2D eigenvalue weighted by atomic mass is 15.1. The number of nitrogens with one attached hydrogen (secondary N) is 1. The first-order valence-corrected chi connectivity index (χ1v) is 7.79. The number of para-hydroxylation sites is 1. The molecule has 0 aromatic heterocycles. The molecule has 106 valence electrons. The van der Waals surface area contributed by atoms with E-state index in [2.05, 4.69) is 55.3 Å². The van der Waals surface area contributed by atoms with Crippen LogP contribution in [-0.4, -0.2) is 31.1 Å². The number of hydrogen-bond donors (Lipinski definition) is 1. The topological polar surface area (TPSA) is 15.3 Å². The maximum atomic E-state index is 3.53. The van der Waals surface area contributed by atoms with E-state index in [0.717, 1.165) is 12.5 Å². The van der Waals surface area contributed by atoms with Gasteiger partial charge in [0.25, 0.3) is 0 Å². The van der Waals surface area contributed by atoms with E-state index in [9.17, 15) is 0 Å². The van der Waals surface area contributed by atoms with Crippen molar-refractivity contribution in [3.63, 3.8) is 0 Å². The van der Waals surface area contributed by atoms with Gasteiger partial charge < -0.3 is 10.2 Å². The molecule has 0 radical (unpaired) electrons. The van der Waals surface area contributed by atoms with Crippen molar-refractivity contribution in [3.05, 3.63) is 29.8 Å². The molecule has 0 amide bonds. The van der Waals surface area contributed by atoms with Crippen molar-refractivity contribution < 1.29 is 0 Å². The molecule has 2 heteroatoms. The first kappa shape index (κ1) is 14.4. The second-order valence-corrected chi connectivity index (χ2v) is 5.86. The maximum Gasteiger partial charge on any atom is 0.0376 e. The number of anilines is 1. The van der Waals surface area contributed by atoms with Gasteiger partial charge in [-0.1, -0.05) is 45.4 Å². The summed E-state index contributed by atoms with van der Waals surface area (Å²) in [7, 11) is 0. The lowest BCUT2D eigenvalue weighted by Crippen LogP contribution is -2.30. The van der Waals surface area contributed by atoms with Gasteiger partial charge in [0.1, 0.15) is 0 Å². The molecule has 0 saturated carbocycles. The molecule has 19 heavy (non-hydrogen) atoms. The molecule has 1 aromatic rings. The third-order valence-electron chi connectivity index (χ3n) is 4.45. The minimum Gasteiger partial charge on any atom is -0.384 e. The Morgan fingerprint density at radius 3 is 2.84 bits per heavy atom. The largest absolute Gasteiger partial charge is 0.384 e. The second-order valence-electron chi connectivity index (χ2n) is 5.86. The number of benzene rings is 1. The molecule has 0 aliphatic carbocycles. The van der Waals surface area contributed by atoms with Crippen LogP contribution in [0.4, 0.5) is 5.69 Å². The van der Waals surface area contributed by atoms with Crippen molar-refractivity contribution in [1.29, 1.82) is 0 Å². The van der Waals surface area contributed by atoms with Crippen LogP contribution in [0.2, 0.25) is 0 Å². The van der Waals surface area contributed by atoms with E-state index in [1.165, 1.54) is 43.7 Å². The molecule has 1 heterocycles. The lowest BCUT2D eigenvalue weighted by molar-refractivity contribution is 0.238. The fraction of sp³-hybridized carbons (Fsp3) is 0.647. The van der Waals surface area contributed by atoms with Crippen LogP contribution in [0, 0.1) is 5.92 Å². The van der Waals surface area contributed by atoms with Gasteiger partial charge in [0.2, 0.25) is 0 Å². The highest BCUT2D eigenvalue weighted by molar-refractivity contribution is 5.57. The summed E-state index contributed by atoms with van der Waals surface area (Å²) in [5, 5.41) is 3.53. The number of rotatable bonds is 7. The summed E-state index contributed by atoms with van der Waals surface area (Å²) in [6.45, 7) is 11.7. The van der Waals surface area contributed by atoms with Crippen molar-refractivity contribution in [2.45, 2.75) is 39.5 Å². The van der Waals surface area contributed by atoms with E-state index in [0.29, 0.717) is 5.92 Å². The van der Waals surface area contributed by atoms with E-state index >= 15 is 0 Å². The zero-order valence-electron chi connectivity index (χ0n) is 12.7. The molecule has 2 nitrogen and oxygen atoms in total. The SMILES string of the molecule is CCC(C)CN(CC)CCC1CNc2ccccc21. The second kappa shape index (κ2) is 6.95. The lowest BCUT2D eigenvalue weighted by Gasteiger charge is -2.25. The molecule has 1 aromatic carbocycles. The summed E-state index contributed by atoms with van der Waals surface area (Å²) in [6, 6.07) is 8.77. The van der Waals surface area contributed by atoms with Crippen LogP contribution in [0.1, 0.15) is 45.1 Å². The van der Waals surface area contributed by atoms with Crippen molar-refractivity contribution in [2.24, 2.45) is 5.92 Å². The van der Waals surface area contributed by atoms with Crippen LogP contribution in [0.15, 0.2) is 24.3 Å². The van der Waals surface area contributed by atoms with Gasteiger partial charge in [0.15, 0.2) is 0 Å². The van der Waals surface area contributed by atoms with E-state index in [4.69, 9.17) is 0 Å². The molecular weight excluding hydrogens is 232 g/mol. The molecule has 0 fully saturated rings. The van der Waals surface area contributed by atoms with Crippen LogP contribution < -0.4 is 5.32 Å². The Bertz CT molecular complexity index is 389. The average Bonchev–Trinajstić information content (AvgIpc) is 2.86. The summed E-state index contributed by atoms with van der Waals surface area (Å²) in [5.74, 6) is 1.51. The predicted molar refractivity (Wildman–Crippen MR) is 83.9 cm³/mol. The van der Waals surface area contributed by atoms with Gasteiger partial charge in [-0.15, -0.1) is 0 Å². The fourth-order valence-corrected chi connectivity index (χ4v) is 2.90. The molecule has 2 unspecified atom stereocenters. The minimum absolute atomic E-state index is 0.696. The van der Waals surface area contributed by atoms with E-state index < -0.39 is 0 Å². The van der Waals surface area contributed by atoms with Gasteiger partial charge >= 0.3 is 0 Å². The average molecular weight is 260 g/mol. The summed E-state index contributed by atoms with van der Waals surface area (Å²) < 4.78 is 0. The molecule has 0 saturated heterocycles. The van der Waals surface area contributed by atoms with Crippen molar-refractivity contribution >= 4 is 5.69 Å². The Morgan fingerprint density at radius 2 is 2.11 bits per heavy atom. The summed E-state index contributed by atoms with van der Waals surface area (Å²) in [6.07, 6.45) is 2.55. The zero-order chi connectivity index (χ0) is 13.7. The zero-order valence-corrected chi connectivity index (χ0v) is 12.7. The van der Waals surface area contributed by atoms with Crippen molar-refractivity contribution in [2.75, 3.05) is 31.5 Å². The van der Waals surface area contributed by atoms with Crippen LogP contribution >= 0.6 is 0 Å². The third kappa shape index (κ3) is 3.73. The Morgan fingerprint density at radius 1 is 1.32 bits per heavy atom. The quantitative estimate of drug-likeness (QED) is 0.798. The van der Waals surface area contributed by atoms with Gasteiger partial charge in [-0.2, -0.15) is 0 Å². The van der Waals surface area contributed by atoms with Gasteiger partial charge in [-0.25, -0.2) is 0 Å². The molecule has 1 N–H and O–H groups in total. The Kier molecular flexibility index (Phi) is 5.26. The van der Waals surface area contributed by atoms with Crippen LogP contribution in [0.5, 0.6) is 0 Å². The molecule has 0 spiro atoms. The van der Waals surface area contributed by atoms with Gasteiger partial charge in [-0.05, 0) is 37.1 Å². The molecule has 0 bridgehead atoms. The molecular formula is C17H28N2. The van der Waals surface area contributed by atoms with E-state index in [1.54, 1.807) is 0 Å². The van der Waals surface area contributed by atoms with Crippen LogP contribution in [0.25, 0.3) is 0 Å². The third-order valence-corrected chi connectivity index (χ3v) is 4.45. The fourth-order valence-electron chi connectivity index (χ4n) is 2.90. The first-order chi connectivity index (χ1) is 9.24. The van der Waals surface area contributed by atoms with Gasteiger partial charge in [0.05, 0.1) is 0 Å². The van der Waals surface area contributed by atoms with E-state index in [-0.39, 0.29) is 0 Å². The summed E-state index contributed by atoms with van der Waals surface area (Å²) in [5.41, 5.74) is 2.86. The number of nitrogens with zero attached hydrogens (tertiary/aromatic N) is 1. The van der Waals surface area contributed by atoms with E-state index in [1.807, 2.05) is 0 Å². The smallest absolute Gasteiger partial charge is 0.0376 e. The van der Waals surface area contributed by atoms with Crippen molar-refractivity contribution in [3.8, 4) is 0 Å². The number of fused-ring (bicyclic) bond motifs is 1. The van der Waals surface area contributed by atoms with Gasteiger partial charge in [0, 0.05) is 24.7 Å².